The van der Waals surface area contributed by atoms with Crippen LogP contribution in [0.4, 0.5) is 8.78 Å². The van der Waals surface area contributed by atoms with E-state index in [1.807, 2.05) is 20.8 Å². The molecule has 8 heteroatoms. The van der Waals surface area contributed by atoms with Gasteiger partial charge in [-0.3, -0.25) is 4.99 Å². The molecule has 2 rings (SSSR count). The molecule has 1 heterocycles. The first kappa shape index (κ1) is 23.7. The highest BCUT2D eigenvalue weighted by molar-refractivity contribution is 14.0. The van der Waals surface area contributed by atoms with Crippen LogP contribution in [-0.4, -0.2) is 30.6 Å². The number of nitrogens with one attached hydrogen (secondary N) is 2. The molecule has 1 atom stereocenters. The fourth-order valence-corrected chi connectivity index (χ4v) is 3.36. The molecule has 4 nitrogen and oxygen atoms in total. The summed E-state index contributed by atoms with van der Waals surface area (Å²) in [7, 11) is 0. The molecule has 27 heavy (non-hydrogen) atoms. The summed E-state index contributed by atoms with van der Waals surface area (Å²) in [5.74, 6) is -0.943. The molecule has 0 aliphatic heterocycles. The quantitative estimate of drug-likeness (QED) is 0.328. The maximum atomic E-state index is 13.4. The minimum atomic E-state index is -0.827. The first-order valence-electron chi connectivity index (χ1n) is 8.80. The average molecular weight is 508 g/mol. The molecule has 0 saturated heterocycles. The van der Waals surface area contributed by atoms with E-state index in [1.54, 1.807) is 17.4 Å². The van der Waals surface area contributed by atoms with Crippen LogP contribution < -0.4 is 10.6 Å². The zero-order valence-electron chi connectivity index (χ0n) is 16.1. The van der Waals surface area contributed by atoms with Gasteiger partial charge in [0.2, 0.25) is 0 Å². The highest BCUT2D eigenvalue weighted by Crippen LogP contribution is 2.18. The molecule has 1 aromatic heterocycles. The van der Waals surface area contributed by atoms with E-state index in [4.69, 9.17) is 0 Å². The van der Waals surface area contributed by atoms with Gasteiger partial charge < -0.3 is 10.6 Å². The van der Waals surface area contributed by atoms with E-state index in [0.29, 0.717) is 12.5 Å². The lowest BCUT2D eigenvalue weighted by Gasteiger charge is -2.13. The van der Waals surface area contributed by atoms with Gasteiger partial charge in [-0.1, -0.05) is 13.0 Å². The average Bonchev–Trinajstić information content (AvgIpc) is 2.92. The van der Waals surface area contributed by atoms with Crippen LogP contribution in [0.15, 0.2) is 23.2 Å². The largest absolute Gasteiger partial charge is 0.357 e. The Labute approximate surface area is 180 Å². The number of aryl methyl sites for hydroxylation is 2. The van der Waals surface area contributed by atoms with Crippen LogP contribution >= 0.6 is 35.3 Å². The van der Waals surface area contributed by atoms with Gasteiger partial charge in [0.15, 0.2) is 17.6 Å². The summed E-state index contributed by atoms with van der Waals surface area (Å²) < 4.78 is 26.4. The summed E-state index contributed by atoms with van der Waals surface area (Å²) in [6.45, 7) is 10.0. The van der Waals surface area contributed by atoms with Gasteiger partial charge in [-0.05, 0) is 38.5 Å². The number of aliphatic imine (C=N–C) groups is 1. The number of halogens is 3. The van der Waals surface area contributed by atoms with Gasteiger partial charge in [0, 0.05) is 36.9 Å². The van der Waals surface area contributed by atoms with Crippen molar-refractivity contribution >= 4 is 41.3 Å². The molecular weight excluding hydrogens is 481 g/mol. The molecule has 0 bridgehead atoms. The summed E-state index contributed by atoms with van der Waals surface area (Å²) in [5.41, 5.74) is 1.82. The van der Waals surface area contributed by atoms with E-state index in [1.165, 1.54) is 10.9 Å². The third-order valence-electron chi connectivity index (χ3n) is 4.08. The first-order chi connectivity index (χ1) is 12.4. The number of thiazole rings is 1. The Balaban J connectivity index is 0.00000364. The monoisotopic (exact) mass is 508 g/mol. The zero-order valence-corrected chi connectivity index (χ0v) is 19.3. The van der Waals surface area contributed by atoms with Crippen molar-refractivity contribution < 1.29 is 8.78 Å². The molecule has 1 aromatic carbocycles. The predicted molar refractivity (Wildman–Crippen MR) is 119 cm³/mol. The maximum Gasteiger partial charge on any atom is 0.191 e. The van der Waals surface area contributed by atoms with Crippen molar-refractivity contribution in [3.8, 4) is 0 Å². The van der Waals surface area contributed by atoms with Gasteiger partial charge >= 0.3 is 0 Å². The van der Waals surface area contributed by atoms with E-state index in [9.17, 15) is 8.78 Å². The van der Waals surface area contributed by atoms with Crippen LogP contribution in [0.3, 0.4) is 0 Å². The molecule has 2 aromatic rings. The van der Waals surface area contributed by atoms with Crippen LogP contribution in [0.2, 0.25) is 0 Å². The van der Waals surface area contributed by atoms with Crippen LogP contribution in [-0.2, 0) is 6.42 Å². The fraction of sp³-hybridized carbons (Fsp3) is 0.474. The van der Waals surface area contributed by atoms with E-state index in [0.717, 1.165) is 41.8 Å². The fourth-order valence-electron chi connectivity index (χ4n) is 2.43. The Bertz CT molecular complexity index is 745. The highest BCUT2D eigenvalue weighted by Gasteiger charge is 2.10. The van der Waals surface area contributed by atoms with Crippen molar-refractivity contribution in [2.24, 2.45) is 4.99 Å². The second-order valence-corrected chi connectivity index (χ2v) is 7.51. The van der Waals surface area contributed by atoms with Crippen molar-refractivity contribution in [3.63, 3.8) is 0 Å². The topological polar surface area (TPSA) is 49.3 Å². The molecule has 1 unspecified atom stereocenters. The van der Waals surface area contributed by atoms with Crippen LogP contribution in [0.1, 0.15) is 40.9 Å². The second kappa shape index (κ2) is 11.5. The predicted octanol–water partition coefficient (Wildman–Crippen LogP) is 4.56. The van der Waals surface area contributed by atoms with Crippen molar-refractivity contribution in [3.05, 3.63) is 51.0 Å². The Kier molecular flexibility index (Phi) is 10.1. The molecule has 0 amide bonds. The molecule has 0 spiro atoms. The zero-order chi connectivity index (χ0) is 19.1. The number of aromatic nitrogens is 1. The normalized spacial score (nSPS) is 12.4. The number of guanidine groups is 1. The number of rotatable bonds is 7. The Hall–Kier alpha value is -1.29. The molecule has 0 radical (unpaired) electrons. The van der Waals surface area contributed by atoms with Crippen molar-refractivity contribution in [2.75, 3.05) is 19.6 Å². The minimum Gasteiger partial charge on any atom is -0.357 e. The molecule has 0 aliphatic rings. The third kappa shape index (κ3) is 7.33. The Morgan fingerprint density at radius 3 is 2.56 bits per heavy atom. The third-order valence-corrected chi connectivity index (χ3v) is 5.22. The van der Waals surface area contributed by atoms with Gasteiger partial charge in [-0.25, -0.2) is 13.8 Å². The molecule has 150 valence electrons. The summed E-state index contributed by atoms with van der Waals surface area (Å²) in [6.07, 6.45) is 0.836. The molecule has 0 saturated carbocycles. The van der Waals surface area contributed by atoms with Crippen LogP contribution in [0.25, 0.3) is 0 Å². The lowest BCUT2D eigenvalue weighted by atomic mass is 10.0. The minimum absolute atomic E-state index is 0. The van der Waals surface area contributed by atoms with Crippen LogP contribution in [0, 0.1) is 25.5 Å². The Morgan fingerprint density at radius 1 is 1.22 bits per heavy atom. The number of benzene rings is 1. The van der Waals surface area contributed by atoms with Crippen molar-refractivity contribution in [1.82, 2.24) is 15.6 Å². The SMILES string of the molecule is CCNC(=NCC(C)c1ccc(F)c(F)c1)NCCc1nc(C)c(C)s1.I. The molecule has 0 fully saturated rings. The van der Waals surface area contributed by atoms with Gasteiger partial charge in [0.05, 0.1) is 10.7 Å². The summed E-state index contributed by atoms with van der Waals surface area (Å²) >= 11 is 1.72. The van der Waals surface area contributed by atoms with Crippen molar-refractivity contribution in [2.45, 2.75) is 40.0 Å². The molecule has 0 aliphatic carbocycles. The van der Waals surface area contributed by atoms with Gasteiger partial charge in [-0.15, -0.1) is 35.3 Å². The maximum absolute atomic E-state index is 13.4. The Morgan fingerprint density at radius 2 is 1.96 bits per heavy atom. The molecule has 2 N–H and O–H groups in total. The van der Waals surface area contributed by atoms with E-state index >= 15 is 0 Å². The second-order valence-electron chi connectivity index (χ2n) is 6.22. The lowest BCUT2D eigenvalue weighted by molar-refractivity contribution is 0.505. The van der Waals surface area contributed by atoms with E-state index in [2.05, 4.69) is 27.5 Å². The van der Waals surface area contributed by atoms with E-state index < -0.39 is 11.6 Å². The van der Waals surface area contributed by atoms with Gasteiger partial charge in [-0.2, -0.15) is 0 Å². The number of nitrogens with zero attached hydrogens (tertiary/aromatic N) is 2. The highest BCUT2D eigenvalue weighted by atomic mass is 127. The van der Waals surface area contributed by atoms with Gasteiger partial charge in [0.25, 0.3) is 0 Å². The lowest BCUT2D eigenvalue weighted by Crippen LogP contribution is -2.38. The first-order valence-corrected chi connectivity index (χ1v) is 9.62. The molecular formula is C19H27F2IN4S. The van der Waals surface area contributed by atoms with Gasteiger partial charge in [0.1, 0.15) is 0 Å². The standard InChI is InChI=1S/C19H26F2N4S.HI/c1-5-22-19(23-9-8-18-25-13(3)14(4)26-18)24-11-12(2)15-6-7-16(20)17(21)10-15;/h6-7,10,12H,5,8-9,11H2,1-4H3,(H2,22,23,24);1H. The number of hydrogen-bond donors (Lipinski definition) is 2. The number of hydrogen-bond acceptors (Lipinski definition) is 3. The smallest absolute Gasteiger partial charge is 0.191 e. The van der Waals surface area contributed by atoms with Crippen LogP contribution in [0.5, 0.6) is 0 Å². The van der Waals surface area contributed by atoms with Crippen molar-refractivity contribution in [1.29, 1.82) is 0 Å². The van der Waals surface area contributed by atoms with E-state index in [-0.39, 0.29) is 29.9 Å². The summed E-state index contributed by atoms with van der Waals surface area (Å²) in [5, 5.41) is 7.61. The summed E-state index contributed by atoms with van der Waals surface area (Å²) in [4.78, 5) is 10.3. The summed E-state index contributed by atoms with van der Waals surface area (Å²) in [6, 6.07) is 4.00.